The first kappa shape index (κ1) is 24.1. The average molecular weight is 553 g/mol. The van der Waals surface area contributed by atoms with Gasteiger partial charge in [-0.05, 0) is 61.7 Å². The Morgan fingerprint density at radius 2 is 0.923 bits per heavy atom. The molecule has 0 N–H and O–H groups in total. The second-order valence-corrected chi connectivity index (χ2v) is 12.1. The van der Waals surface area contributed by atoms with Crippen molar-refractivity contribution in [3.8, 4) is 64.7 Å². The molecule has 0 aliphatic heterocycles. The second kappa shape index (κ2) is 10.6. The first-order chi connectivity index (χ1) is 19.4. The summed E-state index contributed by atoms with van der Waals surface area (Å²) in [5.74, 6) is 0. The fourth-order valence-corrected chi connectivity index (χ4v) is 8.23. The lowest BCUT2D eigenvalue weighted by Gasteiger charge is -2.16. The van der Waals surface area contributed by atoms with Crippen LogP contribution in [0.2, 0.25) is 0 Å². The SMILES string of the molecule is c1ccc(-c2ccccc2-c2csc(-c3ccsc3-c3cccs3)c2-c2ccccc2-c2ccccc2)cc1. The molecule has 0 unspecified atom stereocenters. The van der Waals surface area contributed by atoms with Gasteiger partial charge < -0.3 is 0 Å². The molecule has 0 fully saturated rings. The van der Waals surface area contributed by atoms with Gasteiger partial charge in [0.05, 0.1) is 4.88 Å². The standard InChI is InChI=1S/C36H24S3/c1-3-12-25(13-4-1)27-16-7-9-18-29(27)32-24-39-36(31-21-23-38-35(31)33-20-11-22-37-33)34(32)30-19-10-8-17-28(30)26-14-5-2-6-15-26/h1-24H. The van der Waals surface area contributed by atoms with Crippen LogP contribution >= 0.6 is 34.0 Å². The minimum atomic E-state index is 1.23. The minimum absolute atomic E-state index is 1.23. The van der Waals surface area contributed by atoms with Crippen LogP contribution in [-0.2, 0) is 0 Å². The maximum atomic E-state index is 2.37. The molecule has 7 rings (SSSR count). The van der Waals surface area contributed by atoms with E-state index >= 15 is 0 Å². The van der Waals surface area contributed by atoms with Crippen LogP contribution in [0.3, 0.4) is 0 Å². The third-order valence-electron chi connectivity index (χ3n) is 7.03. The largest absolute Gasteiger partial charge is 0.143 e. The van der Waals surface area contributed by atoms with Crippen LogP contribution < -0.4 is 0 Å². The highest BCUT2D eigenvalue weighted by Crippen LogP contribution is 2.52. The Balaban J connectivity index is 1.53. The molecule has 4 aromatic carbocycles. The summed E-state index contributed by atoms with van der Waals surface area (Å²) in [6, 6.07) is 45.9. The predicted octanol–water partition coefficient (Wildman–Crippen LogP) is 11.9. The van der Waals surface area contributed by atoms with Crippen molar-refractivity contribution >= 4 is 34.0 Å². The van der Waals surface area contributed by atoms with Crippen molar-refractivity contribution in [3.63, 3.8) is 0 Å². The number of thiophene rings is 3. The fourth-order valence-electron chi connectivity index (χ4n) is 5.27. The molecule has 0 nitrogen and oxygen atoms in total. The van der Waals surface area contributed by atoms with Crippen molar-refractivity contribution in [2.75, 3.05) is 0 Å². The maximum absolute atomic E-state index is 2.37. The molecular weight excluding hydrogens is 529 g/mol. The van der Waals surface area contributed by atoms with E-state index in [4.69, 9.17) is 0 Å². The Hall–Kier alpha value is -4.02. The molecule has 3 aromatic heterocycles. The third-order valence-corrected chi connectivity index (χ3v) is 10.0. The summed E-state index contributed by atoms with van der Waals surface area (Å²) < 4.78 is 0. The van der Waals surface area contributed by atoms with Gasteiger partial charge in [-0.2, -0.15) is 0 Å². The van der Waals surface area contributed by atoms with Crippen molar-refractivity contribution in [2.45, 2.75) is 0 Å². The number of benzene rings is 4. The van der Waals surface area contributed by atoms with E-state index in [2.05, 4.69) is 144 Å². The molecule has 3 heterocycles. The van der Waals surface area contributed by atoms with Gasteiger partial charge in [0.25, 0.3) is 0 Å². The van der Waals surface area contributed by atoms with Crippen LogP contribution in [0, 0.1) is 0 Å². The number of hydrogen-bond donors (Lipinski definition) is 0. The molecule has 0 aliphatic carbocycles. The zero-order valence-electron chi connectivity index (χ0n) is 21.1. The van der Waals surface area contributed by atoms with Gasteiger partial charge in [0, 0.05) is 26.4 Å². The second-order valence-electron chi connectivity index (χ2n) is 9.32. The average Bonchev–Trinajstić information content (AvgIpc) is 3.79. The first-order valence-electron chi connectivity index (χ1n) is 12.9. The highest BCUT2D eigenvalue weighted by atomic mass is 32.1. The maximum Gasteiger partial charge on any atom is 0.0529 e. The predicted molar refractivity (Wildman–Crippen MR) is 173 cm³/mol. The van der Waals surface area contributed by atoms with E-state index in [1.54, 1.807) is 0 Å². The molecular formula is C36H24S3. The van der Waals surface area contributed by atoms with E-state index in [0.29, 0.717) is 0 Å². The Bertz CT molecular complexity index is 1840. The lowest BCUT2D eigenvalue weighted by atomic mass is 9.87. The van der Waals surface area contributed by atoms with E-state index in [1.165, 1.54) is 64.7 Å². The van der Waals surface area contributed by atoms with Crippen molar-refractivity contribution < 1.29 is 0 Å². The molecule has 0 radical (unpaired) electrons. The number of hydrogen-bond acceptors (Lipinski definition) is 3. The van der Waals surface area contributed by atoms with Crippen LogP contribution in [0.4, 0.5) is 0 Å². The molecule has 0 saturated heterocycles. The van der Waals surface area contributed by atoms with Crippen LogP contribution in [0.25, 0.3) is 64.7 Å². The molecule has 0 saturated carbocycles. The lowest BCUT2D eigenvalue weighted by molar-refractivity contribution is 1.58. The van der Waals surface area contributed by atoms with Gasteiger partial charge in [-0.25, -0.2) is 0 Å². The van der Waals surface area contributed by atoms with E-state index in [0.717, 1.165) is 0 Å². The Kier molecular flexibility index (Phi) is 6.55. The van der Waals surface area contributed by atoms with E-state index in [1.807, 2.05) is 34.0 Å². The summed E-state index contributed by atoms with van der Waals surface area (Å²) in [6.45, 7) is 0. The molecule has 0 bridgehead atoms. The third kappa shape index (κ3) is 4.49. The van der Waals surface area contributed by atoms with Crippen molar-refractivity contribution in [2.24, 2.45) is 0 Å². The molecule has 0 amide bonds. The Morgan fingerprint density at radius 3 is 1.56 bits per heavy atom. The summed E-state index contributed by atoms with van der Waals surface area (Å²) in [5, 5.41) is 6.76. The van der Waals surface area contributed by atoms with Gasteiger partial charge in [-0.15, -0.1) is 34.0 Å². The van der Waals surface area contributed by atoms with Crippen molar-refractivity contribution in [3.05, 3.63) is 144 Å². The van der Waals surface area contributed by atoms with E-state index in [9.17, 15) is 0 Å². The van der Waals surface area contributed by atoms with Gasteiger partial charge in [-0.1, -0.05) is 115 Å². The summed E-state index contributed by atoms with van der Waals surface area (Å²) in [4.78, 5) is 3.98. The van der Waals surface area contributed by atoms with Gasteiger partial charge in [0.1, 0.15) is 0 Å². The molecule has 0 aliphatic rings. The lowest BCUT2D eigenvalue weighted by Crippen LogP contribution is -1.90. The minimum Gasteiger partial charge on any atom is -0.143 e. The van der Waals surface area contributed by atoms with Crippen molar-refractivity contribution in [1.29, 1.82) is 0 Å². The van der Waals surface area contributed by atoms with Crippen LogP contribution in [-0.4, -0.2) is 0 Å². The van der Waals surface area contributed by atoms with Crippen LogP contribution in [0.15, 0.2) is 144 Å². The highest BCUT2D eigenvalue weighted by Gasteiger charge is 2.23. The van der Waals surface area contributed by atoms with Gasteiger partial charge in [-0.3, -0.25) is 0 Å². The van der Waals surface area contributed by atoms with Gasteiger partial charge in [0.15, 0.2) is 0 Å². The highest BCUT2D eigenvalue weighted by molar-refractivity contribution is 7.21. The van der Waals surface area contributed by atoms with Crippen LogP contribution in [0.1, 0.15) is 0 Å². The molecule has 0 atom stereocenters. The zero-order chi connectivity index (χ0) is 26.0. The quantitative estimate of drug-likeness (QED) is 0.192. The normalized spacial score (nSPS) is 11.1. The molecule has 3 heteroatoms. The van der Waals surface area contributed by atoms with E-state index in [-0.39, 0.29) is 0 Å². The fraction of sp³-hybridized carbons (Fsp3) is 0. The Labute approximate surface area is 241 Å². The molecule has 7 aromatic rings. The number of rotatable bonds is 6. The Morgan fingerprint density at radius 1 is 0.333 bits per heavy atom. The van der Waals surface area contributed by atoms with Crippen molar-refractivity contribution in [1.82, 2.24) is 0 Å². The summed E-state index contributed by atoms with van der Waals surface area (Å²) in [7, 11) is 0. The van der Waals surface area contributed by atoms with E-state index < -0.39 is 0 Å². The summed E-state index contributed by atoms with van der Waals surface area (Å²) in [6.07, 6.45) is 0. The molecule has 0 spiro atoms. The smallest absolute Gasteiger partial charge is 0.0529 e. The first-order valence-corrected chi connectivity index (χ1v) is 15.6. The molecule has 186 valence electrons. The molecule has 39 heavy (non-hydrogen) atoms. The monoisotopic (exact) mass is 552 g/mol. The van der Waals surface area contributed by atoms with Crippen LogP contribution in [0.5, 0.6) is 0 Å². The summed E-state index contributed by atoms with van der Waals surface area (Å²) in [5.41, 5.74) is 11.4. The summed E-state index contributed by atoms with van der Waals surface area (Å²) >= 11 is 5.49. The topological polar surface area (TPSA) is 0 Å². The van der Waals surface area contributed by atoms with Gasteiger partial charge in [0.2, 0.25) is 0 Å². The van der Waals surface area contributed by atoms with Gasteiger partial charge >= 0.3 is 0 Å². The zero-order valence-corrected chi connectivity index (χ0v) is 23.5.